The van der Waals surface area contributed by atoms with Gasteiger partial charge >= 0.3 is 0 Å². The fourth-order valence-electron chi connectivity index (χ4n) is 5.29. The van der Waals surface area contributed by atoms with Gasteiger partial charge in [-0.25, -0.2) is 0 Å². The molecule has 0 heterocycles. The summed E-state index contributed by atoms with van der Waals surface area (Å²) >= 11 is 0. The predicted molar refractivity (Wildman–Crippen MR) is 200 cm³/mol. The van der Waals surface area contributed by atoms with Gasteiger partial charge < -0.3 is 31.9 Å². The van der Waals surface area contributed by atoms with Crippen molar-refractivity contribution in [3.05, 3.63) is 59.7 Å². The molecule has 0 aliphatic rings. The highest BCUT2D eigenvalue weighted by molar-refractivity contribution is 5.85. The van der Waals surface area contributed by atoms with Crippen molar-refractivity contribution in [2.45, 2.75) is 81.3 Å². The van der Waals surface area contributed by atoms with Crippen LogP contribution in [0.1, 0.15) is 79.4 Å². The first-order chi connectivity index (χ1) is 21.0. The van der Waals surface area contributed by atoms with Crippen molar-refractivity contribution in [3.63, 3.8) is 0 Å². The van der Waals surface area contributed by atoms with Gasteiger partial charge in [0.2, 0.25) is 0 Å². The highest BCUT2D eigenvalue weighted by Crippen LogP contribution is 2.23. The minimum Gasteiger partial charge on any atom is -0.316 e. The van der Waals surface area contributed by atoms with Crippen LogP contribution in [0.4, 0.5) is 0 Å². The fraction of sp³-hybridized carbons (Fsp3) is 0.684. The van der Waals surface area contributed by atoms with Crippen LogP contribution in [0.3, 0.4) is 0 Å². The molecule has 2 aromatic carbocycles. The molecule has 0 saturated heterocycles. The van der Waals surface area contributed by atoms with Crippen molar-refractivity contribution >= 4 is 12.4 Å². The van der Waals surface area contributed by atoms with Gasteiger partial charge in [0.25, 0.3) is 0 Å². The second kappa shape index (κ2) is 22.9. The smallest absolute Gasteiger partial charge is 0.0206 e. The molecule has 0 aliphatic carbocycles. The van der Waals surface area contributed by atoms with E-state index < -0.39 is 0 Å². The molecule has 2 aromatic rings. The van der Waals surface area contributed by atoms with Crippen LogP contribution in [0.15, 0.2) is 48.5 Å². The summed E-state index contributed by atoms with van der Waals surface area (Å²) in [5.41, 5.74) is 5.63. The monoisotopic (exact) mass is 645 g/mol. The van der Waals surface area contributed by atoms with Gasteiger partial charge in [-0.2, -0.15) is 0 Å². The first-order valence-electron chi connectivity index (χ1n) is 17.4. The minimum atomic E-state index is 0. The highest BCUT2D eigenvalue weighted by atomic mass is 35.5. The van der Waals surface area contributed by atoms with E-state index in [1.54, 1.807) is 0 Å². The SMILES string of the molecule is CC(C)CNCCCNCC(C)(C)CNCc1cc(CNCC(C)(C)CNCCCNCC(C)C)cc(-c2ccccc2)c1.Cl. The third-order valence-electron chi connectivity index (χ3n) is 7.75. The molecular weight excluding hydrogens is 576 g/mol. The van der Waals surface area contributed by atoms with Gasteiger partial charge in [-0.1, -0.05) is 91.8 Å². The Bertz CT molecular complexity index is 950. The van der Waals surface area contributed by atoms with Crippen LogP contribution in [0.2, 0.25) is 0 Å². The number of rotatable bonds is 25. The summed E-state index contributed by atoms with van der Waals surface area (Å²) in [5, 5.41) is 21.9. The fourth-order valence-corrected chi connectivity index (χ4v) is 5.29. The molecule has 0 aliphatic heterocycles. The second-order valence-corrected chi connectivity index (χ2v) is 15.2. The summed E-state index contributed by atoms with van der Waals surface area (Å²) in [5.74, 6) is 1.43. The van der Waals surface area contributed by atoms with E-state index in [1.165, 1.54) is 35.1 Å². The van der Waals surface area contributed by atoms with E-state index in [1.807, 2.05) is 0 Å². The first-order valence-corrected chi connectivity index (χ1v) is 17.4. The largest absolute Gasteiger partial charge is 0.316 e. The lowest BCUT2D eigenvalue weighted by atomic mass is 9.92. The molecule has 0 spiro atoms. The van der Waals surface area contributed by atoms with Gasteiger partial charge in [0.15, 0.2) is 0 Å². The van der Waals surface area contributed by atoms with E-state index in [2.05, 4.69) is 136 Å². The molecule has 6 nitrogen and oxygen atoms in total. The summed E-state index contributed by atoms with van der Waals surface area (Å²) in [6.07, 6.45) is 2.34. The molecule has 6 N–H and O–H groups in total. The van der Waals surface area contributed by atoms with Gasteiger partial charge in [-0.15, -0.1) is 12.4 Å². The van der Waals surface area contributed by atoms with Crippen LogP contribution in [0, 0.1) is 22.7 Å². The average molecular weight is 645 g/mol. The lowest BCUT2D eigenvalue weighted by Crippen LogP contribution is -2.39. The van der Waals surface area contributed by atoms with E-state index in [4.69, 9.17) is 0 Å². The maximum absolute atomic E-state index is 3.76. The zero-order chi connectivity index (χ0) is 32.3. The Kier molecular flexibility index (Phi) is 21.1. The lowest BCUT2D eigenvalue weighted by Gasteiger charge is -2.26. The summed E-state index contributed by atoms with van der Waals surface area (Å²) < 4.78 is 0. The second-order valence-electron chi connectivity index (χ2n) is 15.2. The van der Waals surface area contributed by atoms with Crippen molar-refractivity contribution in [3.8, 4) is 11.1 Å². The van der Waals surface area contributed by atoms with E-state index in [0.717, 1.165) is 78.5 Å². The number of hydrogen-bond donors (Lipinski definition) is 6. The average Bonchev–Trinajstić information content (AvgIpc) is 2.96. The predicted octanol–water partition coefficient (Wildman–Crippen LogP) is 6.46. The van der Waals surface area contributed by atoms with Crippen LogP contribution in [-0.4, -0.2) is 65.4 Å². The van der Waals surface area contributed by atoms with E-state index in [9.17, 15) is 0 Å². The topological polar surface area (TPSA) is 72.2 Å². The van der Waals surface area contributed by atoms with Crippen LogP contribution in [0.25, 0.3) is 11.1 Å². The molecule has 7 heteroatoms. The minimum absolute atomic E-state index is 0. The quantitative estimate of drug-likeness (QED) is 0.0698. The maximum atomic E-state index is 3.76. The number of halogens is 1. The van der Waals surface area contributed by atoms with Gasteiger partial charge in [0.05, 0.1) is 0 Å². The van der Waals surface area contributed by atoms with Crippen molar-refractivity contribution in [1.82, 2.24) is 31.9 Å². The van der Waals surface area contributed by atoms with E-state index >= 15 is 0 Å². The van der Waals surface area contributed by atoms with Gasteiger partial charge in [-0.05, 0) is 109 Å². The van der Waals surface area contributed by atoms with Crippen molar-refractivity contribution < 1.29 is 0 Å². The molecule has 258 valence electrons. The van der Waals surface area contributed by atoms with Crippen LogP contribution < -0.4 is 31.9 Å². The molecule has 2 rings (SSSR count). The molecular formula is C38H69ClN6. The standard InChI is InChI=1S/C38H68N6.ClH/c1-31(2)23-39-16-12-18-41-27-37(5,6)29-43-25-33-20-34(22-36(21-33)35-14-10-9-11-15-35)26-44-30-38(7,8)28-42-19-13-17-40-24-32(3)4;/h9-11,14-15,20-22,31-32,39-44H,12-13,16-19,23-30H2,1-8H3;1H. The Morgan fingerprint density at radius 3 is 1.33 bits per heavy atom. The van der Waals surface area contributed by atoms with E-state index in [0.29, 0.717) is 11.8 Å². The molecule has 0 bridgehead atoms. The van der Waals surface area contributed by atoms with E-state index in [-0.39, 0.29) is 23.2 Å². The summed E-state index contributed by atoms with van der Waals surface area (Å²) in [6.45, 7) is 30.7. The molecule has 0 saturated carbocycles. The number of nitrogens with one attached hydrogen (secondary N) is 6. The van der Waals surface area contributed by atoms with Crippen LogP contribution in [0.5, 0.6) is 0 Å². The van der Waals surface area contributed by atoms with Gasteiger partial charge in [0.1, 0.15) is 0 Å². The highest BCUT2D eigenvalue weighted by Gasteiger charge is 2.18. The van der Waals surface area contributed by atoms with Crippen LogP contribution in [-0.2, 0) is 13.1 Å². The molecule has 0 atom stereocenters. The number of benzene rings is 2. The van der Waals surface area contributed by atoms with Crippen LogP contribution >= 0.6 is 12.4 Å². The van der Waals surface area contributed by atoms with Crippen molar-refractivity contribution in [2.75, 3.05) is 65.4 Å². The third kappa shape index (κ3) is 20.4. The Morgan fingerprint density at radius 2 is 0.911 bits per heavy atom. The summed E-state index contributed by atoms with van der Waals surface area (Å²) in [4.78, 5) is 0. The molecule has 0 amide bonds. The van der Waals surface area contributed by atoms with Crippen molar-refractivity contribution in [1.29, 1.82) is 0 Å². The molecule has 45 heavy (non-hydrogen) atoms. The summed E-state index contributed by atoms with van der Waals surface area (Å²) in [7, 11) is 0. The molecule has 0 unspecified atom stereocenters. The summed E-state index contributed by atoms with van der Waals surface area (Å²) in [6, 6.07) is 17.9. The Balaban J connectivity index is 0.0000101. The Labute approximate surface area is 283 Å². The Hall–Kier alpha value is -1.51. The molecule has 0 radical (unpaired) electrons. The lowest BCUT2D eigenvalue weighted by molar-refractivity contribution is 0.318. The number of hydrogen-bond acceptors (Lipinski definition) is 6. The normalized spacial score (nSPS) is 12.2. The van der Waals surface area contributed by atoms with Gasteiger partial charge in [0, 0.05) is 39.3 Å². The zero-order valence-electron chi connectivity index (χ0n) is 30.1. The Morgan fingerprint density at radius 1 is 0.511 bits per heavy atom. The molecule has 0 aromatic heterocycles. The molecule has 0 fully saturated rings. The van der Waals surface area contributed by atoms with Crippen molar-refractivity contribution in [2.24, 2.45) is 22.7 Å². The maximum Gasteiger partial charge on any atom is 0.0206 e. The third-order valence-corrected chi connectivity index (χ3v) is 7.75. The zero-order valence-corrected chi connectivity index (χ0v) is 30.9. The van der Waals surface area contributed by atoms with Gasteiger partial charge in [-0.3, -0.25) is 0 Å². The first kappa shape index (κ1) is 41.5.